The number of alkyl halides is 3. The number of nitrogens with one attached hydrogen (secondary N) is 2. The molecule has 154 valence electrons. The zero-order chi connectivity index (χ0) is 21.2. The second-order valence-corrected chi connectivity index (χ2v) is 7.16. The fourth-order valence-corrected chi connectivity index (χ4v) is 3.10. The Hall–Kier alpha value is -2.97. The van der Waals surface area contributed by atoms with Crippen molar-refractivity contribution in [1.82, 2.24) is 15.0 Å². The standard InChI is InChI=1S/C20H20F4N4O/c1-11(2)18(17(29)3-4-20(22,23)24)28-14-5-12(7-25-9-14)16-10-27-19-15(16)6-13(21)8-26-19/h5-11,18,28H,3-4H2,1-2H3,(H,26,27). The summed E-state index contributed by atoms with van der Waals surface area (Å²) in [6.45, 7) is 3.52. The van der Waals surface area contributed by atoms with Crippen molar-refractivity contribution in [2.45, 2.75) is 38.9 Å². The predicted octanol–water partition coefficient (Wildman–Crippen LogP) is 5.11. The van der Waals surface area contributed by atoms with E-state index in [1.165, 1.54) is 12.3 Å². The van der Waals surface area contributed by atoms with Crippen LogP contribution in [0.25, 0.3) is 22.2 Å². The van der Waals surface area contributed by atoms with E-state index in [4.69, 9.17) is 0 Å². The number of aromatic amines is 1. The normalized spacial score (nSPS) is 13.1. The van der Waals surface area contributed by atoms with Gasteiger partial charge in [0.15, 0.2) is 5.78 Å². The maximum Gasteiger partial charge on any atom is 0.389 e. The number of hydrogen-bond acceptors (Lipinski definition) is 4. The Balaban J connectivity index is 1.84. The highest BCUT2D eigenvalue weighted by Crippen LogP contribution is 2.30. The SMILES string of the molecule is CC(C)C(Nc1cncc(-c2c[nH]c3ncc(F)cc23)c1)C(=O)CCC(F)(F)F. The zero-order valence-corrected chi connectivity index (χ0v) is 15.8. The molecule has 0 amide bonds. The summed E-state index contributed by atoms with van der Waals surface area (Å²) in [4.78, 5) is 23.4. The first-order chi connectivity index (χ1) is 13.6. The number of carbonyl (C=O) groups excluding carboxylic acids is 1. The second-order valence-electron chi connectivity index (χ2n) is 7.16. The molecule has 0 fully saturated rings. The molecule has 3 aromatic heterocycles. The summed E-state index contributed by atoms with van der Waals surface area (Å²) in [6, 6.07) is 2.29. The highest BCUT2D eigenvalue weighted by molar-refractivity contribution is 5.94. The van der Waals surface area contributed by atoms with Gasteiger partial charge in [-0.25, -0.2) is 9.37 Å². The van der Waals surface area contributed by atoms with Crippen LogP contribution in [0.4, 0.5) is 23.2 Å². The molecule has 0 aromatic carbocycles. The Morgan fingerprint density at radius 1 is 1.21 bits per heavy atom. The number of ketones is 1. The van der Waals surface area contributed by atoms with Gasteiger partial charge in [0.1, 0.15) is 11.5 Å². The van der Waals surface area contributed by atoms with Crippen LogP contribution in [0.5, 0.6) is 0 Å². The van der Waals surface area contributed by atoms with Gasteiger partial charge >= 0.3 is 6.18 Å². The molecule has 9 heteroatoms. The fourth-order valence-electron chi connectivity index (χ4n) is 3.10. The van der Waals surface area contributed by atoms with Crippen molar-refractivity contribution < 1.29 is 22.4 Å². The lowest BCUT2D eigenvalue weighted by molar-refractivity contribution is -0.143. The minimum Gasteiger partial charge on any atom is -0.374 e. The van der Waals surface area contributed by atoms with Gasteiger partial charge in [-0.15, -0.1) is 0 Å². The molecule has 3 heterocycles. The van der Waals surface area contributed by atoms with Crippen LogP contribution in [-0.4, -0.2) is 33.0 Å². The first-order valence-electron chi connectivity index (χ1n) is 9.08. The topological polar surface area (TPSA) is 70.7 Å². The highest BCUT2D eigenvalue weighted by atomic mass is 19.4. The van der Waals surface area contributed by atoms with Gasteiger partial charge in [0.25, 0.3) is 0 Å². The van der Waals surface area contributed by atoms with Gasteiger partial charge in [-0.1, -0.05) is 13.8 Å². The third-order valence-corrected chi connectivity index (χ3v) is 4.54. The van der Waals surface area contributed by atoms with E-state index in [-0.39, 0.29) is 5.92 Å². The lowest BCUT2D eigenvalue weighted by atomic mass is 9.96. The van der Waals surface area contributed by atoms with Crippen molar-refractivity contribution in [1.29, 1.82) is 0 Å². The van der Waals surface area contributed by atoms with Gasteiger partial charge in [-0.2, -0.15) is 13.2 Å². The molecule has 5 nitrogen and oxygen atoms in total. The number of hydrogen-bond donors (Lipinski definition) is 2. The number of rotatable bonds is 7. The summed E-state index contributed by atoms with van der Waals surface area (Å²) in [7, 11) is 0. The molecule has 0 aliphatic rings. The maximum absolute atomic E-state index is 13.6. The Morgan fingerprint density at radius 3 is 2.66 bits per heavy atom. The summed E-state index contributed by atoms with van der Waals surface area (Å²) in [6.07, 6.45) is -0.261. The predicted molar refractivity (Wildman–Crippen MR) is 102 cm³/mol. The zero-order valence-electron chi connectivity index (χ0n) is 15.8. The number of halogens is 4. The first-order valence-corrected chi connectivity index (χ1v) is 9.08. The molecule has 29 heavy (non-hydrogen) atoms. The molecule has 1 atom stereocenters. The quantitative estimate of drug-likeness (QED) is 0.533. The molecule has 3 aromatic rings. The number of aromatic nitrogens is 3. The number of H-pyrrole nitrogens is 1. The van der Waals surface area contributed by atoms with E-state index in [2.05, 4.69) is 20.3 Å². The van der Waals surface area contributed by atoms with E-state index in [0.717, 1.165) is 6.20 Å². The Bertz CT molecular complexity index is 1010. The van der Waals surface area contributed by atoms with Crippen LogP contribution < -0.4 is 5.32 Å². The van der Waals surface area contributed by atoms with Crippen LogP contribution in [0.15, 0.2) is 36.9 Å². The van der Waals surface area contributed by atoms with Gasteiger partial charge < -0.3 is 10.3 Å². The highest BCUT2D eigenvalue weighted by Gasteiger charge is 2.31. The largest absolute Gasteiger partial charge is 0.389 e. The number of Topliss-reactive ketones (excluding diaryl/α,β-unsaturated/α-hetero) is 1. The molecule has 0 saturated carbocycles. The summed E-state index contributed by atoms with van der Waals surface area (Å²) in [5, 5.41) is 3.57. The van der Waals surface area contributed by atoms with E-state index >= 15 is 0 Å². The van der Waals surface area contributed by atoms with Crippen molar-refractivity contribution in [3.8, 4) is 11.1 Å². The molecule has 1 unspecified atom stereocenters. The minimum atomic E-state index is -4.38. The molecule has 3 rings (SSSR count). The van der Waals surface area contributed by atoms with E-state index in [1.54, 1.807) is 32.3 Å². The van der Waals surface area contributed by atoms with E-state index in [0.29, 0.717) is 27.8 Å². The van der Waals surface area contributed by atoms with Crippen LogP contribution >= 0.6 is 0 Å². The van der Waals surface area contributed by atoms with Crippen LogP contribution in [0.3, 0.4) is 0 Å². The van der Waals surface area contributed by atoms with Crippen molar-refractivity contribution in [2.75, 3.05) is 5.32 Å². The van der Waals surface area contributed by atoms with Crippen molar-refractivity contribution in [2.24, 2.45) is 5.92 Å². The number of carbonyl (C=O) groups is 1. The maximum atomic E-state index is 13.6. The molecule has 2 N–H and O–H groups in total. The molecule has 0 saturated heterocycles. The monoisotopic (exact) mass is 408 g/mol. The molecular formula is C20H20F4N4O. The fraction of sp³-hybridized carbons (Fsp3) is 0.350. The van der Waals surface area contributed by atoms with Gasteiger partial charge in [-0.05, 0) is 18.1 Å². The van der Waals surface area contributed by atoms with Crippen molar-refractivity contribution >= 4 is 22.5 Å². The van der Waals surface area contributed by atoms with Gasteiger partial charge in [0, 0.05) is 41.5 Å². The third-order valence-electron chi connectivity index (χ3n) is 4.54. The summed E-state index contributed by atoms with van der Waals surface area (Å²) in [5.74, 6) is -1.21. The molecule has 0 bridgehead atoms. The van der Waals surface area contributed by atoms with Crippen molar-refractivity contribution in [3.63, 3.8) is 0 Å². The summed E-state index contributed by atoms with van der Waals surface area (Å²) >= 11 is 0. The summed E-state index contributed by atoms with van der Waals surface area (Å²) in [5.41, 5.74) is 2.33. The third kappa shape index (κ3) is 5.10. The van der Waals surface area contributed by atoms with Gasteiger partial charge in [0.2, 0.25) is 0 Å². The second kappa shape index (κ2) is 8.18. The Kier molecular flexibility index (Phi) is 5.86. The Morgan fingerprint density at radius 2 is 1.97 bits per heavy atom. The molecule has 0 spiro atoms. The number of nitrogens with zero attached hydrogens (tertiary/aromatic N) is 2. The van der Waals surface area contributed by atoms with Gasteiger partial charge in [-0.3, -0.25) is 9.78 Å². The molecule has 0 radical (unpaired) electrons. The number of fused-ring (bicyclic) bond motifs is 1. The molecule has 0 aliphatic heterocycles. The minimum absolute atomic E-state index is 0.217. The lowest BCUT2D eigenvalue weighted by Gasteiger charge is -2.22. The van der Waals surface area contributed by atoms with Crippen LogP contribution in [0.2, 0.25) is 0 Å². The average Bonchev–Trinajstić information content (AvgIpc) is 3.06. The number of anilines is 1. The van der Waals surface area contributed by atoms with Crippen LogP contribution in [0.1, 0.15) is 26.7 Å². The van der Waals surface area contributed by atoms with E-state index in [1.807, 2.05) is 0 Å². The average molecular weight is 408 g/mol. The van der Waals surface area contributed by atoms with E-state index in [9.17, 15) is 22.4 Å². The number of pyridine rings is 2. The smallest absolute Gasteiger partial charge is 0.374 e. The molecular weight excluding hydrogens is 388 g/mol. The van der Waals surface area contributed by atoms with Crippen LogP contribution in [-0.2, 0) is 4.79 Å². The van der Waals surface area contributed by atoms with Crippen molar-refractivity contribution in [3.05, 3.63) is 42.7 Å². The van der Waals surface area contributed by atoms with Crippen LogP contribution in [0, 0.1) is 11.7 Å². The van der Waals surface area contributed by atoms with Gasteiger partial charge in [0.05, 0.1) is 24.3 Å². The molecule has 0 aliphatic carbocycles. The summed E-state index contributed by atoms with van der Waals surface area (Å²) < 4.78 is 50.9. The van der Waals surface area contributed by atoms with E-state index < -0.39 is 36.7 Å². The lowest BCUT2D eigenvalue weighted by Crippen LogP contribution is -2.35. The first kappa shape index (κ1) is 20.8. The Labute approximate surface area is 164 Å².